The first kappa shape index (κ1) is 18.4. The summed E-state index contributed by atoms with van der Waals surface area (Å²) in [5.74, 6) is 0.410. The minimum atomic E-state index is -1.05. The maximum absolute atomic E-state index is 11.6. The van der Waals surface area contributed by atoms with Crippen molar-refractivity contribution in [3.05, 3.63) is 35.9 Å². The molecule has 0 fully saturated rings. The number of nitrogens with one attached hydrogen (secondary N) is 1. The summed E-state index contributed by atoms with van der Waals surface area (Å²) in [5, 5.41) is 11.6. The van der Waals surface area contributed by atoms with Crippen molar-refractivity contribution in [2.45, 2.75) is 44.6 Å². The number of alkyl carbamates (subject to hydrolysis) is 1. The molecule has 1 atom stereocenters. The van der Waals surface area contributed by atoms with Gasteiger partial charge < -0.3 is 15.2 Å². The molecule has 122 valence electrons. The van der Waals surface area contributed by atoms with Crippen molar-refractivity contribution in [2.75, 3.05) is 5.75 Å². The van der Waals surface area contributed by atoms with Gasteiger partial charge in [-0.25, -0.2) is 9.59 Å². The summed E-state index contributed by atoms with van der Waals surface area (Å²) < 4.78 is 5.07. The molecule has 1 amide bonds. The highest BCUT2D eigenvalue weighted by molar-refractivity contribution is 7.98. The summed E-state index contributed by atoms with van der Waals surface area (Å²) >= 11 is 1.64. The predicted octanol–water partition coefficient (Wildman–Crippen LogP) is 3.29. The molecule has 0 spiro atoms. The second kappa shape index (κ2) is 8.68. The van der Waals surface area contributed by atoms with Gasteiger partial charge in [-0.3, -0.25) is 0 Å². The molecule has 0 radical (unpaired) electrons. The largest absolute Gasteiger partial charge is 0.480 e. The Morgan fingerprint density at radius 3 is 2.45 bits per heavy atom. The van der Waals surface area contributed by atoms with Gasteiger partial charge in [-0.05, 0) is 38.5 Å². The van der Waals surface area contributed by atoms with Crippen molar-refractivity contribution in [3.63, 3.8) is 0 Å². The lowest BCUT2D eigenvalue weighted by Crippen LogP contribution is -2.43. The van der Waals surface area contributed by atoms with Gasteiger partial charge in [0.1, 0.15) is 11.6 Å². The molecule has 5 nitrogen and oxygen atoms in total. The number of carboxylic acids is 1. The maximum Gasteiger partial charge on any atom is 0.408 e. The Bertz CT molecular complexity index is 485. The molecule has 22 heavy (non-hydrogen) atoms. The number of ether oxygens (including phenoxy) is 1. The molecule has 1 aromatic rings. The van der Waals surface area contributed by atoms with Gasteiger partial charge >= 0.3 is 12.1 Å². The highest BCUT2D eigenvalue weighted by Gasteiger charge is 2.23. The van der Waals surface area contributed by atoms with Crippen LogP contribution in [0.5, 0.6) is 0 Å². The van der Waals surface area contributed by atoms with E-state index in [4.69, 9.17) is 9.84 Å². The lowest BCUT2D eigenvalue weighted by atomic mass is 10.2. The van der Waals surface area contributed by atoms with Crippen LogP contribution < -0.4 is 5.32 Å². The number of hydrogen-bond donors (Lipinski definition) is 2. The van der Waals surface area contributed by atoms with E-state index in [-0.39, 0.29) is 0 Å². The zero-order valence-electron chi connectivity index (χ0n) is 13.2. The molecule has 1 aromatic carbocycles. The van der Waals surface area contributed by atoms with Crippen LogP contribution >= 0.6 is 11.8 Å². The quantitative estimate of drug-likeness (QED) is 0.752. The fourth-order valence-corrected chi connectivity index (χ4v) is 2.65. The molecule has 2 N–H and O–H groups in total. The van der Waals surface area contributed by atoms with Gasteiger partial charge in [0, 0.05) is 5.75 Å². The lowest BCUT2D eigenvalue weighted by Gasteiger charge is -2.21. The van der Waals surface area contributed by atoms with Gasteiger partial charge in [-0.2, -0.15) is 11.8 Å². The van der Waals surface area contributed by atoms with Gasteiger partial charge in [0.25, 0.3) is 0 Å². The van der Waals surface area contributed by atoms with E-state index in [1.54, 1.807) is 32.5 Å². The number of carboxylic acid groups (broad SMARTS) is 1. The van der Waals surface area contributed by atoms with Crippen molar-refractivity contribution >= 4 is 23.8 Å². The number of benzene rings is 1. The highest BCUT2D eigenvalue weighted by atomic mass is 32.2. The smallest absolute Gasteiger partial charge is 0.408 e. The van der Waals surface area contributed by atoms with Gasteiger partial charge in [0.2, 0.25) is 0 Å². The monoisotopic (exact) mass is 325 g/mol. The molecular formula is C16H23NO4S. The summed E-state index contributed by atoms with van der Waals surface area (Å²) in [6.07, 6.45) is -0.348. The molecule has 0 aliphatic carbocycles. The molecule has 0 aliphatic rings. The number of carbonyl (C=O) groups is 2. The number of thioether (sulfide) groups is 1. The van der Waals surface area contributed by atoms with Crippen molar-refractivity contribution in [2.24, 2.45) is 0 Å². The van der Waals surface area contributed by atoms with Crippen LogP contribution in [0.1, 0.15) is 32.8 Å². The number of amides is 1. The molecule has 0 heterocycles. The average Bonchev–Trinajstić information content (AvgIpc) is 2.41. The first-order valence-electron chi connectivity index (χ1n) is 7.12. The Hall–Kier alpha value is -1.69. The number of rotatable bonds is 7. The predicted molar refractivity (Wildman–Crippen MR) is 88.0 cm³/mol. The Morgan fingerprint density at radius 2 is 1.91 bits per heavy atom. The second-order valence-corrected chi connectivity index (χ2v) is 6.97. The van der Waals surface area contributed by atoms with E-state index in [0.29, 0.717) is 12.2 Å². The fourth-order valence-electron chi connectivity index (χ4n) is 1.67. The molecular weight excluding hydrogens is 302 g/mol. The fraction of sp³-hybridized carbons (Fsp3) is 0.500. The van der Waals surface area contributed by atoms with Crippen molar-refractivity contribution in [3.8, 4) is 0 Å². The van der Waals surface area contributed by atoms with E-state index in [2.05, 4.69) is 5.32 Å². The van der Waals surface area contributed by atoms with Gasteiger partial charge in [0.15, 0.2) is 0 Å². The Kier molecular flexibility index (Phi) is 7.24. The van der Waals surface area contributed by atoms with Crippen LogP contribution in [0.15, 0.2) is 30.3 Å². The first-order chi connectivity index (χ1) is 10.3. The van der Waals surface area contributed by atoms with Gasteiger partial charge in [-0.1, -0.05) is 30.3 Å². The van der Waals surface area contributed by atoms with Crippen LogP contribution in [0.3, 0.4) is 0 Å². The summed E-state index contributed by atoms with van der Waals surface area (Å²) in [7, 11) is 0. The van der Waals surface area contributed by atoms with Crippen LogP contribution in [-0.2, 0) is 15.3 Å². The number of carbonyl (C=O) groups excluding carboxylic acids is 1. The van der Waals surface area contributed by atoms with Gasteiger partial charge in [0.05, 0.1) is 0 Å². The van der Waals surface area contributed by atoms with Crippen LogP contribution in [-0.4, -0.2) is 34.6 Å². The van der Waals surface area contributed by atoms with Crippen molar-refractivity contribution < 1.29 is 19.4 Å². The summed E-state index contributed by atoms with van der Waals surface area (Å²) in [5.41, 5.74) is 0.550. The van der Waals surface area contributed by atoms with Gasteiger partial charge in [-0.15, -0.1) is 0 Å². The molecule has 0 bridgehead atoms. The third kappa shape index (κ3) is 7.93. The molecule has 6 heteroatoms. The third-order valence-corrected chi connectivity index (χ3v) is 3.71. The second-order valence-electron chi connectivity index (χ2n) is 5.86. The van der Waals surface area contributed by atoms with E-state index >= 15 is 0 Å². The molecule has 1 rings (SSSR count). The highest BCUT2D eigenvalue weighted by Crippen LogP contribution is 2.14. The normalized spacial score (nSPS) is 12.5. The topological polar surface area (TPSA) is 75.6 Å². The molecule has 0 aromatic heterocycles. The third-order valence-electron chi connectivity index (χ3n) is 2.65. The maximum atomic E-state index is 11.6. The van der Waals surface area contributed by atoms with Crippen LogP contribution in [0.25, 0.3) is 0 Å². The van der Waals surface area contributed by atoms with E-state index < -0.39 is 23.7 Å². The Balaban J connectivity index is 2.35. The van der Waals surface area contributed by atoms with E-state index in [9.17, 15) is 9.59 Å². The minimum absolute atomic E-state index is 0.353. The lowest BCUT2D eigenvalue weighted by molar-refractivity contribution is -0.139. The van der Waals surface area contributed by atoms with E-state index in [0.717, 1.165) is 5.75 Å². The Morgan fingerprint density at radius 1 is 1.27 bits per heavy atom. The zero-order chi connectivity index (χ0) is 16.6. The minimum Gasteiger partial charge on any atom is -0.480 e. The van der Waals surface area contributed by atoms with Crippen molar-refractivity contribution in [1.82, 2.24) is 5.32 Å². The SMILES string of the molecule is CC(C)(C)OC(=O)N[C@@H](CCSCc1ccccc1)C(=O)O. The average molecular weight is 325 g/mol. The van der Waals surface area contributed by atoms with E-state index in [1.807, 2.05) is 30.3 Å². The number of aliphatic carboxylic acids is 1. The standard InChI is InChI=1S/C16H23NO4S/c1-16(2,3)21-15(20)17-13(14(18)19)9-10-22-11-12-7-5-4-6-8-12/h4-8,13H,9-11H2,1-3H3,(H,17,20)(H,18,19)/t13-/m0/s1. The Labute approximate surface area is 135 Å². The van der Waals surface area contributed by atoms with Crippen LogP contribution in [0.2, 0.25) is 0 Å². The molecule has 0 saturated carbocycles. The molecule has 0 aliphatic heterocycles. The zero-order valence-corrected chi connectivity index (χ0v) is 14.0. The van der Waals surface area contributed by atoms with Crippen LogP contribution in [0.4, 0.5) is 4.79 Å². The summed E-state index contributed by atoms with van der Waals surface area (Å²) in [4.78, 5) is 22.8. The van der Waals surface area contributed by atoms with Crippen LogP contribution in [0, 0.1) is 0 Å². The number of hydrogen-bond acceptors (Lipinski definition) is 4. The molecule has 0 unspecified atom stereocenters. The summed E-state index contributed by atoms with van der Waals surface area (Å²) in [6.45, 7) is 5.20. The summed E-state index contributed by atoms with van der Waals surface area (Å²) in [6, 6.07) is 9.03. The van der Waals surface area contributed by atoms with Crippen molar-refractivity contribution in [1.29, 1.82) is 0 Å². The molecule has 0 saturated heterocycles. The van der Waals surface area contributed by atoms with E-state index in [1.165, 1.54) is 5.56 Å². The first-order valence-corrected chi connectivity index (χ1v) is 8.27.